The number of methoxy groups -OCH3 is 1. The number of nitrogens with one attached hydrogen (secondary N) is 2. The summed E-state index contributed by atoms with van der Waals surface area (Å²) < 4.78 is 19.7. The number of ether oxygens (including phenoxy) is 1. The molecule has 3 unspecified atom stereocenters. The van der Waals surface area contributed by atoms with Gasteiger partial charge in [-0.1, -0.05) is 30.3 Å². The Hall–Kier alpha value is -2.40. The Balaban J connectivity index is 1.76. The van der Waals surface area contributed by atoms with Crippen molar-refractivity contribution in [1.82, 2.24) is 5.32 Å². The van der Waals surface area contributed by atoms with Gasteiger partial charge in [-0.2, -0.15) is 0 Å². The minimum Gasteiger partial charge on any atom is -0.383 e. The zero-order chi connectivity index (χ0) is 18.3. The van der Waals surface area contributed by atoms with Gasteiger partial charge in [-0.25, -0.2) is 4.39 Å². The fourth-order valence-electron chi connectivity index (χ4n) is 4.41. The van der Waals surface area contributed by atoms with Gasteiger partial charge in [0.15, 0.2) is 0 Å². The van der Waals surface area contributed by atoms with Crippen LogP contribution in [0.4, 0.5) is 10.1 Å². The first-order valence-electron chi connectivity index (χ1n) is 9.01. The number of aryl methyl sites for hydroxylation is 1. The fourth-order valence-corrected chi connectivity index (χ4v) is 4.41. The average Bonchev–Trinajstić information content (AvgIpc) is 3.01. The lowest BCUT2D eigenvalue weighted by Gasteiger charge is -2.37. The highest BCUT2D eigenvalue weighted by Gasteiger charge is 2.46. The summed E-state index contributed by atoms with van der Waals surface area (Å²) in [5, 5.41) is 6.10. The number of fused-ring (bicyclic) bond motifs is 5. The van der Waals surface area contributed by atoms with Gasteiger partial charge in [0.1, 0.15) is 11.9 Å². The van der Waals surface area contributed by atoms with Gasteiger partial charge >= 0.3 is 0 Å². The van der Waals surface area contributed by atoms with Crippen LogP contribution in [0.15, 0.2) is 36.4 Å². The van der Waals surface area contributed by atoms with Crippen LogP contribution in [0.3, 0.4) is 0 Å². The molecule has 4 rings (SSSR count). The molecule has 0 bridgehead atoms. The third-order valence-electron chi connectivity index (χ3n) is 5.49. The molecule has 0 spiro atoms. The Labute approximate surface area is 152 Å². The number of carbonyl (C=O) groups is 1. The van der Waals surface area contributed by atoms with Gasteiger partial charge in [-0.3, -0.25) is 4.79 Å². The van der Waals surface area contributed by atoms with Crippen LogP contribution in [-0.2, 0) is 16.0 Å². The van der Waals surface area contributed by atoms with Crippen LogP contribution in [0.2, 0.25) is 0 Å². The van der Waals surface area contributed by atoms with Gasteiger partial charge in [0.25, 0.3) is 0 Å². The summed E-state index contributed by atoms with van der Waals surface area (Å²) >= 11 is 0. The van der Waals surface area contributed by atoms with Gasteiger partial charge in [0.05, 0.1) is 12.3 Å². The van der Waals surface area contributed by atoms with Crippen molar-refractivity contribution in [2.45, 2.75) is 25.3 Å². The highest BCUT2D eigenvalue weighted by Crippen LogP contribution is 2.50. The standard InChI is InChI=1S/C21H23FN2O2/c1-12-9-15-18-14-6-4-3-5-13(14)11-16(18)20(21(25)23-7-8-26-2)24-19(15)17(22)10-12/h3-6,9-10,16,18,20,24H,7-8,11H2,1-2H3,(H,23,25). The smallest absolute Gasteiger partial charge is 0.242 e. The number of anilines is 1. The van der Waals surface area contributed by atoms with E-state index in [4.69, 9.17) is 4.74 Å². The first kappa shape index (κ1) is 17.0. The van der Waals surface area contributed by atoms with E-state index in [-0.39, 0.29) is 23.6 Å². The summed E-state index contributed by atoms with van der Waals surface area (Å²) in [6, 6.07) is 11.4. The largest absolute Gasteiger partial charge is 0.383 e. The Bertz CT molecular complexity index is 852. The molecule has 1 heterocycles. The van der Waals surface area contributed by atoms with E-state index in [1.807, 2.05) is 25.1 Å². The highest BCUT2D eigenvalue weighted by atomic mass is 19.1. The van der Waals surface area contributed by atoms with Crippen LogP contribution in [0.25, 0.3) is 0 Å². The lowest BCUT2D eigenvalue weighted by Crippen LogP contribution is -2.49. The van der Waals surface area contributed by atoms with Crippen molar-refractivity contribution in [1.29, 1.82) is 0 Å². The second-order valence-electron chi connectivity index (χ2n) is 7.16. The molecule has 5 heteroatoms. The number of amides is 1. The minimum absolute atomic E-state index is 0.0371. The van der Waals surface area contributed by atoms with Crippen molar-refractivity contribution in [3.8, 4) is 0 Å². The Morgan fingerprint density at radius 2 is 2.12 bits per heavy atom. The summed E-state index contributed by atoms with van der Waals surface area (Å²) in [6.45, 7) is 2.81. The van der Waals surface area contributed by atoms with Crippen molar-refractivity contribution in [2.24, 2.45) is 5.92 Å². The molecule has 26 heavy (non-hydrogen) atoms. The van der Waals surface area contributed by atoms with Crippen molar-refractivity contribution in [2.75, 3.05) is 25.6 Å². The third-order valence-corrected chi connectivity index (χ3v) is 5.49. The van der Waals surface area contributed by atoms with Crippen molar-refractivity contribution >= 4 is 11.6 Å². The second-order valence-corrected chi connectivity index (χ2v) is 7.16. The minimum atomic E-state index is -0.464. The molecule has 3 atom stereocenters. The van der Waals surface area contributed by atoms with Crippen LogP contribution >= 0.6 is 0 Å². The number of hydrogen-bond acceptors (Lipinski definition) is 3. The maximum atomic E-state index is 14.7. The van der Waals surface area contributed by atoms with Gasteiger partial charge in [-0.05, 0) is 41.7 Å². The predicted octanol–water partition coefficient (Wildman–Crippen LogP) is 3.00. The van der Waals surface area contributed by atoms with E-state index in [0.29, 0.717) is 18.8 Å². The van der Waals surface area contributed by atoms with Crippen molar-refractivity contribution in [3.05, 3.63) is 64.5 Å². The van der Waals surface area contributed by atoms with Crippen LogP contribution in [0, 0.1) is 18.7 Å². The molecule has 0 radical (unpaired) electrons. The van der Waals surface area contributed by atoms with E-state index in [0.717, 1.165) is 17.5 Å². The summed E-state index contributed by atoms with van der Waals surface area (Å²) in [5.41, 5.74) is 4.77. The molecule has 1 amide bonds. The van der Waals surface area contributed by atoms with E-state index < -0.39 is 6.04 Å². The van der Waals surface area contributed by atoms with Gasteiger partial charge < -0.3 is 15.4 Å². The summed E-state index contributed by atoms with van der Waals surface area (Å²) in [6.07, 6.45) is 0.811. The molecule has 0 saturated heterocycles. The van der Waals surface area contributed by atoms with Gasteiger partial charge in [0.2, 0.25) is 5.91 Å². The first-order valence-corrected chi connectivity index (χ1v) is 9.01. The molecule has 2 aromatic carbocycles. The Morgan fingerprint density at radius 1 is 1.31 bits per heavy atom. The number of benzene rings is 2. The molecule has 2 aliphatic rings. The molecule has 2 aromatic rings. The molecule has 0 aromatic heterocycles. The summed E-state index contributed by atoms with van der Waals surface area (Å²) in [5.74, 6) is -0.285. The zero-order valence-electron chi connectivity index (χ0n) is 15.0. The Morgan fingerprint density at radius 3 is 2.92 bits per heavy atom. The highest BCUT2D eigenvalue weighted by molar-refractivity contribution is 5.87. The summed E-state index contributed by atoms with van der Waals surface area (Å²) in [7, 11) is 1.60. The summed E-state index contributed by atoms with van der Waals surface area (Å²) in [4.78, 5) is 12.8. The molecule has 136 valence electrons. The number of halogens is 1. The number of rotatable bonds is 4. The molecule has 2 N–H and O–H groups in total. The quantitative estimate of drug-likeness (QED) is 0.830. The molecule has 0 saturated carbocycles. The van der Waals surface area contributed by atoms with Crippen molar-refractivity contribution in [3.63, 3.8) is 0 Å². The number of carbonyl (C=O) groups excluding carboxylic acids is 1. The van der Waals surface area contributed by atoms with E-state index in [2.05, 4.69) is 22.8 Å². The molecular weight excluding hydrogens is 331 g/mol. The van der Waals surface area contributed by atoms with Crippen LogP contribution in [0.5, 0.6) is 0 Å². The van der Waals surface area contributed by atoms with Crippen molar-refractivity contribution < 1.29 is 13.9 Å². The Kier molecular flexibility index (Phi) is 4.41. The van der Waals surface area contributed by atoms with E-state index in [9.17, 15) is 9.18 Å². The first-order chi connectivity index (χ1) is 12.6. The maximum absolute atomic E-state index is 14.7. The number of hydrogen-bond donors (Lipinski definition) is 2. The van der Waals surface area contributed by atoms with Crippen LogP contribution in [0.1, 0.15) is 28.2 Å². The van der Waals surface area contributed by atoms with Crippen LogP contribution in [-0.4, -0.2) is 32.2 Å². The molecule has 1 aliphatic heterocycles. The SMILES string of the molecule is COCCNC(=O)C1Nc2c(F)cc(C)cc2C2c3ccccc3CC12. The van der Waals surface area contributed by atoms with E-state index >= 15 is 0 Å². The fraction of sp³-hybridized carbons (Fsp3) is 0.381. The molecular formula is C21H23FN2O2. The molecule has 4 nitrogen and oxygen atoms in total. The lowest BCUT2D eigenvalue weighted by atomic mass is 9.77. The maximum Gasteiger partial charge on any atom is 0.242 e. The lowest BCUT2D eigenvalue weighted by molar-refractivity contribution is -0.123. The molecule has 1 aliphatic carbocycles. The second kappa shape index (κ2) is 6.72. The van der Waals surface area contributed by atoms with Gasteiger partial charge in [-0.15, -0.1) is 0 Å². The zero-order valence-corrected chi connectivity index (χ0v) is 15.0. The topological polar surface area (TPSA) is 50.4 Å². The third kappa shape index (κ3) is 2.76. The van der Waals surface area contributed by atoms with Gasteiger partial charge in [0, 0.05) is 25.5 Å². The predicted molar refractivity (Wildman–Crippen MR) is 98.9 cm³/mol. The van der Waals surface area contributed by atoms with E-state index in [1.54, 1.807) is 7.11 Å². The molecule has 0 fully saturated rings. The monoisotopic (exact) mass is 354 g/mol. The normalized spacial score (nSPS) is 22.8. The average molecular weight is 354 g/mol. The van der Waals surface area contributed by atoms with E-state index in [1.165, 1.54) is 17.2 Å². The van der Waals surface area contributed by atoms with Crippen LogP contribution < -0.4 is 10.6 Å².